The molecular formula is C13H12FN5O2. The molecular weight excluding hydrogens is 277 g/mol. The third-order valence-corrected chi connectivity index (χ3v) is 2.93. The minimum absolute atomic E-state index is 0.0147. The Kier molecular flexibility index (Phi) is 2.86. The molecule has 8 heteroatoms. The monoisotopic (exact) mass is 289 g/mol. The zero-order valence-electron chi connectivity index (χ0n) is 11.4. The molecule has 21 heavy (non-hydrogen) atoms. The standard InChI is InChI=1S/C13H12FN5O2/c1-18(2)13-16-11-9(12(20)21-13)10(15)17-19(11)8-5-3-7(14)4-6-8/h3-6H,1-2H3,(H2,15,17). The molecule has 0 bridgehead atoms. The Balaban J connectivity index is 2.33. The summed E-state index contributed by atoms with van der Waals surface area (Å²) in [5, 5.41) is 4.18. The van der Waals surface area contributed by atoms with Gasteiger partial charge in [-0.05, 0) is 24.3 Å². The molecule has 0 atom stereocenters. The largest absolute Gasteiger partial charge is 0.388 e. The van der Waals surface area contributed by atoms with E-state index in [0.717, 1.165) is 0 Å². The Hall–Kier alpha value is -2.90. The Morgan fingerprint density at radius 3 is 2.57 bits per heavy atom. The number of nitrogen functional groups attached to an aromatic ring is 1. The van der Waals surface area contributed by atoms with Gasteiger partial charge in [-0.3, -0.25) is 0 Å². The summed E-state index contributed by atoms with van der Waals surface area (Å²) in [6.07, 6.45) is 0. The van der Waals surface area contributed by atoms with Crippen molar-refractivity contribution in [1.82, 2.24) is 14.8 Å². The van der Waals surface area contributed by atoms with Crippen LogP contribution in [-0.4, -0.2) is 28.9 Å². The fourth-order valence-electron chi connectivity index (χ4n) is 1.93. The summed E-state index contributed by atoms with van der Waals surface area (Å²) in [5.41, 5.74) is 5.94. The molecule has 3 aromatic rings. The van der Waals surface area contributed by atoms with Crippen LogP contribution in [-0.2, 0) is 0 Å². The van der Waals surface area contributed by atoms with Crippen molar-refractivity contribution in [2.24, 2.45) is 0 Å². The second kappa shape index (κ2) is 4.58. The van der Waals surface area contributed by atoms with Crippen molar-refractivity contribution in [3.05, 3.63) is 40.5 Å². The lowest BCUT2D eigenvalue weighted by Crippen LogP contribution is -2.15. The van der Waals surface area contributed by atoms with Crippen molar-refractivity contribution in [2.75, 3.05) is 24.7 Å². The van der Waals surface area contributed by atoms with Gasteiger partial charge in [-0.2, -0.15) is 4.98 Å². The zero-order chi connectivity index (χ0) is 15.1. The van der Waals surface area contributed by atoms with Gasteiger partial charge in [-0.1, -0.05) is 0 Å². The van der Waals surface area contributed by atoms with E-state index < -0.39 is 5.63 Å². The van der Waals surface area contributed by atoms with E-state index in [2.05, 4.69) is 10.1 Å². The van der Waals surface area contributed by atoms with Crippen LogP contribution >= 0.6 is 0 Å². The highest BCUT2D eigenvalue weighted by molar-refractivity contribution is 5.86. The van der Waals surface area contributed by atoms with E-state index in [1.165, 1.54) is 28.9 Å². The molecule has 0 aliphatic rings. The SMILES string of the molecule is CN(C)c1nc2c(c(N)nn2-c2ccc(F)cc2)c(=O)o1. The first-order valence-electron chi connectivity index (χ1n) is 6.10. The molecule has 0 fully saturated rings. The summed E-state index contributed by atoms with van der Waals surface area (Å²) in [4.78, 5) is 17.8. The van der Waals surface area contributed by atoms with Gasteiger partial charge in [0.1, 0.15) is 11.2 Å². The molecule has 0 aliphatic heterocycles. The average molecular weight is 289 g/mol. The molecule has 0 aliphatic carbocycles. The number of fused-ring (bicyclic) bond motifs is 1. The van der Waals surface area contributed by atoms with E-state index >= 15 is 0 Å². The van der Waals surface area contributed by atoms with E-state index in [9.17, 15) is 9.18 Å². The molecule has 3 rings (SSSR count). The number of aromatic nitrogens is 3. The van der Waals surface area contributed by atoms with Crippen molar-refractivity contribution < 1.29 is 8.81 Å². The second-order valence-corrected chi connectivity index (χ2v) is 4.65. The number of nitrogens with two attached hydrogens (primary N) is 1. The Labute approximate surface area is 118 Å². The van der Waals surface area contributed by atoms with Crippen molar-refractivity contribution >= 4 is 22.9 Å². The van der Waals surface area contributed by atoms with Crippen molar-refractivity contribution in [3.8, 4) is 5.69 Å². The molecule has 0 saturated carbocycles. The summed E-state index contributed by atoms with van der Waals surface area (Å²) in [6, 6.07) is 5.75. The number of rotatable bonds is 2. The third kappa shape index (κ3) is 2.10. The molecule has 0 unspecified atom stereocenters. The lowest BCUT2D eigenvalue weighted by molar-refractivity contribution is 0.502. The van der Waals surface area contributed by atoms with Gasteiger partial charge in [-0.15, -0.1) is 5.10 Å². The number of halogens is 1. The van der Waals surface area contributed by atoms with E-state index in [1.54, 1.807) is 19.0 Å². The van der Waals surface area contributed by atoms with E-state index in [1.807, 2.05) is 0 Å². The van der Waals surface area contributed by atoms with Gasteiger partial charge in [0.15, 0.2) is 11.5 Å². The molecule has 108 valence electrons. The number of nitrogens with zero attached hydrogens (tertiary/aromatic N) is 4. The van der Waals surface area contributed by atoms with Crippen LogP contribution in [0.15, 0.2) is 33.5 Å². The predicted octanol–water partition coefficient (Wildman–Crippen LogP) is 1.16. The van der Waals surface area contributed by atoms with Crippen LogP contribution in [0.3, 0.4) is 0 Å². The average Bonchev–Trinajstić information content (AvgIpc) is 2.77. The molecule has 2 aromatic heterocycles. The molecule has 0 saturated heterocycles. The highest BCUT2D eigenvalue weighted by atomic mass is 19.1. The lowest BCUT2D eigenvalue weighted by atomic mass is 10.3. The molecule has 0 radical (unpaired) electrons. The normalized spacial score (nSPS) is 11.0. The van der Waals surface area contributed by atoms with Crippen LogP contribution in [0.2, 0.25) is 0 Å². The van der Waals surface area contributed by atoms with Crippen LogP contribution in [0.1, 0.15) is 0 Å². The highest BCUT2D eigenvalue weighted by Crippen LogP contribution is 2.21. The number of hydrogen-bond acceptors (Lipinski definition) is 6. The maximum Gasteiger partial charge on any atom is 0.353 e. The van der Waals surface area contributed by atoms with Gasteiger partial charge in [-0.25, -0.2) is 13.9 Å². The molecule has 2 N–H and O–H groups in total. The fraction of sp³-hybridized carbons (Fsp3) is 0.154. The van der Waals surface area contributed by atoms with Crippen LogP contribution in [0.4, 0.5) is 16.2 Å². The summed E-state index contributed by atoms with van der Waals surface area (Å²) in [6.45, 7) is 0. The number of hydrogen-bond donors (Lipinski definition) is 1. The molecule has 7 nitrogen and oxygen atoms in total. The van der Waals surface area contributed by atoms with Gasteiger partial charge in [0.2, 0.25) is 0 Å². The van der Waals surface area contributed by atoms with Gasteiger partial charge in [0, 0.05) is 14.1 Å². The number of benzene rings is 1. The maximum absolute atomic E-state index is 13.0. The molecule has 1 aromatic carbocycles. The first-order valence-corrected chi connectivity index (χ1v) is 6.10. The molecule has 2 heterocycles. The summed E-state index contributed by atoms with van der Waals surface area (Å²) >= 11 is 0. The first kappa shape index (κ1) is 13.1. The van der Waals surface area contributed by atoms with Crippen LogP contribution in [0.25, 0.3) is 16.7 Å². The minimum atomic E-state index is -0.616. The lowest BCUT2D eigenvalue weighted by Gasteiger charge is -2.08. The summed E-state index contributed by atoms with van der Waals surface area (Å²) < 4.78 is 19.5. The van der Waals surface area contributed by atoms with Crippen LogP contribution in [0, 0.1) is 5.82 Å². The molecule has 0 spiro atoms. The van der Waals surface area contributed by atoms with Gasteiger partial charge < -0.3 is 15.1 Å². The summed E-state index contributed by atoms with van der Waals surface area (Å²) in [7, 11) is 3.39. The maximum atomic E-state index is 13.0. The van der Waals surface area contributed by atoms with Crippen molar-refractivity contribution in [1.29, 1.82) is 0 Å². The van der Waals surface area contributed by atoms with Gasteiger partial charge >= 0.3 is 11.6 Å². The topological polar surface area (TPSA) is 90.2 Å². The second-order valence-electron chi connectivity index (χ2n) is 4.65. The van der Waals surface area contributed by atoms with Crippen LogP contribution in [0.5, 0.6) is 0 Å². The highest BCUT2D eigenvalue weighted by Gasteiger charge is 2.18. The van der Waals surface area contributed by atoms with Gasteiger partial charge in [0.25, 0.3) is 0 Å². The smallest absolute Gasteiger partial charge is 0.353 e. The van der Waals surface area contributed by atoms with E-state index in [0.29, 0.717) is 5.69 Å². The fourth-order valence-corrected chi connectivity index (χ4v) is 1.93. The predicted molar refractivity (Wildman–Crippen MR) is 76.1 cm³/mol. The zero-order valence-corrected chi connectivity index (χ0v) is 11.4. The first-order chi connectivity index (χ1) is 9.97. The Bertz CT molecular complexity index is 867. The molecule has 0 amide bonds. The van der Waals surface area contributed by atoms with Crippen molar-refractivity contribution in [3.63, 3.8) is 0 Å². The number of anilines is 2. The Morgan fingerprint density at radius 1 is 1.29 bits per heavy atom. The third-order valence-electron chi connectivity index (χ3n) is 2.93. The summed E-state index contributed by atoms with van der Waals surface area (Å²) in [5.74, 6) is -0.356. The quantitative estimate of drug-likeness (QED) is 0.761. The van der Waals surface area contributed by atoms with E-state index in [4.69, 9.17) is 10.2 Å². The minimum Gasteiger partial charge on any atom is -0.388 e. The van der Waals surface area contributed by atoms with E-state index in [-0.39, 0.29) is 28.7 Å². The Morgan fingerprint density at radius 2 is 1.95 bits per heavy atom. The van der Waals surface area contributed by atoms with Crippen LogP contribution < -0.4 is 16.3 Å². The van der Waals surface area contributed by atoms with Crippen molar-refractivity contribution in [2.45, 2.75) is 0 Å². The van der Waals surface area contributed by atoms with Gasteiger partial charge in [0.05, 0.1) is 5.69 Å².